The molecule has 62 valence electrons. The molecule has 10 heavy (non-hydrogen) atoms. The first-order valence-corrected chi connectivity index (χ1v) is 5.09. The van der Waals surface area contributed by atoms with Crippen molar-refractivity contribution in [3.8, 4) is 0 Å². The van der Waals surface area contributed by atoms with E-state index >= 15 is 0 Å². The van der Waals surface area contributed by atoms with Gasteiger partial charge in [0.25, 0.3) is 0 Å². The summed E-state index contributed by atoms with van der Waals surface area (Å²) in [6.07, 6.45) is 5.47. The maximum absolute atomic E-state index is 2.94. The Labute approximate surface area is 68.0 Å². The summed E-state index contributed by atoms with van der Waals surface area (Å²) in [5.74, 6) is 0.875. The van der Waals surface area contributed by atoms with Crippen LogP contribution >= 0.6 is 9.24 Å². The molecule has 0 fully saturated rings. The van der Waals surface area contributed by atoms with Gasteiger partial charge in [-0.1, -0.05) is 33.6 Å². The van der Waals surface area contributed by atoms with Gasteiger partial charge in [-0.05, 0) is 24.4 Å². The predicted octanol–water partition coefficient (Wildman–Crippen LogP) is 3.47. The molecule has 0 bridgehead atoms. The first kappa shape index (κ1) is 10.4. The Morgan fingerprint density at radius 2 is 1.70 bits per heavy atom. The van der Waals surface area contributed by atoms with Crippen LogP contribution in [-0.4, -0.2) is 5.66 Å². The Kier molecular flexibility index (Phi) is 6.43. The van der Waals surface area contributed by atoms with Crippen molar-refractivity contribution in [3.63, 3.8) is 0 Å². The lowest BCUT2D eigenvalue weighted by Crippen LogP contribution is -1.99. The summed E-state index contributed by atoms with van der Waals surface area (Å²) < 4.78 is 0. The molecule has 0 aliphatic carbocycles. The van der Waals surface area contributed by atoms with Crippen LogP contribution in [-0.2, 0) is 0 Å². The van der Waals surface area contributed by atoms with Crippen molar-refractivity contribution >= 4 is 9.24 Å². The van der Waals surface area contributed by atoms with E-state index in [0.717, 1.165) is 11.6 Å². The largest absolute Gasteiger partial charge is 0.134 e. The minimum absolute atomic E-state index is 0.868. The SMILES string of the molecule is CCCC(P)CCC(C)C. The van der Waals surface area contributed by atoms with Crippen LogP contribution in [0.3, 0.4) is 0 Å². The second kappa shape index (κ2) is 6.16. The van der Waals surface area contributed by atoms with Crippen molar-refractivity contribution in [3.05, 3.63) is 0 Å². The maximum Gasteiger partial charge on any atom is -0.0264 e. The smallest absolute Gasteiger partial charge is 0.0264 e. The summed E-state index contributed by atoms with van der Waals surface area (Å²) >= 11 is 0. The zero-order valence-corrected chi connectivity index (χ0v) is 8.72. The minimum Gasteiger partial charge on any atom is -0.134 e. The third-order valence-electron chi connectivity index (χ3n) is 1.77. The summed E-state index contributed by atoms with van der Waals surface area (Å²) in [4.78, 5) is 0. The molecule has 0 saturated heterocycles. The molecule has 2 atom stereocenters. The van der Waals surface area contributed by atoms with Crippen molar-refractivity contribution in [1.29, 1.82) is 0 Å². The zero-order chi connectivity index (χ0) is 7.98. The third-order valence-corrected chi connectivity index (χ3v) is 2.44. The van der Waals surface area contributed by atoms with Gasteiger partial charge >= 0.3 is 0 Å². The first-order chi connectivity index (χ1) is 4.66. The van der Waals surface area contributed by atoms with Crippen molar-refractivity contribution in [1.82, 2.24) is 0 Å². The average Bonchev–Trinajstić information content (AvgIpc) is 1.85. The van der Waals surface area contributed by atoms with Gasteiger partial charge in [0.2, 0.25) is 0 Å². The van der Waals surface area contributed by atoms with E-state index in [2.05, 4.69) is 30.0 Å². The Hall–Kier alpha value is 0.430. The van der Waals surface area contributed by atoms with Gasteiger partial charge in [-0.3, -0.25) is 0 Å². The van der Waals surface area contributed by atoms with E-state index < -0.39 is 0 Å². The second-order valence-corrected chi connectivity index (χ2v) is 4.46. The van der Waals surface area contributed by atoms with Crippen LogP contribution < -0.4 is 0 Å². The van der Waals surface area contributed by atoms with Crippen molar-refractivity contribution in [2.45, 2.75) is 52.1 Å². The highest BCUT2D eigenvalue weighted by molar-refractivity contribution is 7.17. The Bertz CT molecular complexity index is 69.1. The quantitative estimate of drug-likeness (QED) is 0.540. The summed E-state index contributed by atoms with van der Waals surface area (Å²) in [6.45, 7) is 6.85. The molecule has 0 rings (SSSR count). The van der Waals surface area contributed by atoms with E-state index in [9.17, 15) is 0 Å². The van der Waals surface area contributed by atoms with E-state index in [1.165, 1.54) is 25.7 Å². The molecular weight excluding hydrogens is 139 g/mol. The van der Waals surface area contributed by atoms with E-state index in [1.807, 2.05) is 0 Å². The number of hydrogen-bond acceptors (Lipinski definition) is 0. The third kappa shape index (κ3) is 6.55. The summed E-state index contributed by atoms with van der Waals surface area (Å²) in [5, 5.41) is 0. The van der Waals surface area contributed by atoms with Gasteiger partial charge < -0.3 is 0 Å². The molecule has 0 nitrogen and oxygen atoms in total. The molecule has 0 heterocycles. The monoisotopic (exact) mass is 160 g/mol. The average molecular weight is 160 g/mol. The lowest BCUT2D eigenvalue weighted by Gasteiger charge is -2.10. The fourth-order valence-corrected chi connectivity index (χ4v) is 1.59. The van der Waals surface area contributed by atoms with Crippen LogP contribution in [0.25, 0.3) is 0 Å². The van der Waals surface area contributed by atoms with Gasteiger partial charge in [0.1, 0.15) is 0 Å². The molecule has 0 spiro atoms. The van der Waals surface area contributed by atoms with E-state index in [0.29, 0.717) is 0 Å². The van der Waals surface area contributed by atoms with Gasteiger partial charge in [-0.15, -0.1) is 9.24 Å². The maximum atomic E-state index is 2.94. The molecule has 0 N–H and O–H groups in total. The molecular formula is C9H21P. The predicted molar refractivity (Wildman–Crippen MR) is 52.5 cm³/mol. The topological polar surface area (TPSA) is 0 Å². The normalized spacial score (nSPS) is 14.1. The molecule has 0 amide bonds. The Balaban J connectivity index is 3.12. The van der Waals surface area contributed by atoms with Crippen LogP contribution in [0, 0.1) is 5.92 Å². The Morgan fingerprint density at radius 3 is 2.10 bits per heavy atom. The first-order valence-electron chi connectivity index (χ1n) is 4.42. The lowest BCUT2D eigenvalue weighted by molar-refractivity contribution is 0.532. The Morgan fingerprint density at radius 1 is 1.10 bits per heavy atom. The molecule has 0 saturated carbocycles. The molecule has 0 aliphatic heterocycles. The fourth-order valence-electron chi connectivity index (χ4n) is 1.06. The van der Waals surface area contributed by atoms with Crippen LogP contribution in [0.1, 0.15) is 46.5 Å². The second-order valence-electron chi connectivity index (χ2n) is 3.52. The van der Waals surface area contributed by atoms with Gasteiger partial charge in [0, 0.05) is 0 Å². The highest BCUT2D eigenvalue weighted by atomic mass is 31.0. The number of hydrogen-bond donors (Lipinski definition) is 0. The van der Waals surface area contributed by atoms with Crippen LogP contribution in [0.15, 0.2) is 0 Å². The van der Waals surface area contributed by atoms with Gasteiger partial charge in [-0.25, -0.2) is 0 Å². The lowest BCUT2D eigenvalue weighted by atomic mass is 10.0. The van der Waals surface area contributed by atoms with E-state index in [1.54, 1.807) is 0 Å². The molecule has 0 aromatic heterocycles. The molecule has 1 heteroatoms. The van der Waals surface area contributed by atoms with Crippen molar-refractivity contribution in [2.75, 3.05) is 0 Å². The molecule has 0 aromatic rings. The van der Waals surface area contributed by atoms with E-state index in [-0.39, 0.29) is 0 Å². The van der Waals surface area contributed by atoms with Gasteiger partial charge in [0.05, 0.1) is 0 Å². The van der Waals surface area contributed by atoms with Gasteiger partial charge in [-0.2, -0.15) is 0 Å². The highest BCUT2D eigenvalue weighted by Crippen LogP contribution is 2.17. The molecule has 0 radical (unpaired) electrons. The van der Waals surface area contributed by atoms with Crippen LogP contribution in [0.5, 0.6) is 0 Å². The van der Waals surface area contributed by atoms with Crippen molar-refractivity contribution in [2.24, 2.45) is 5.92 Å². The van der Waals surface area contributed by atoms with E-state index in [4.69, 9.17) is 0 Å². The zero-order valence-electron chi connectivity index (χ0n) is 7.56. The van der Waals surface area contributed by atoms with Crippen LogP contribution in [0.2, 0.25) is 0 Å². The van der Waals surface area contributed by atoms with Gasteiger partial charge in [0.15, 0.2) is 0 Å². The minimum atomic E-state index is 0.868. The standard InChI is InChI=1S/C9H21P/c1-4-5-9(10)7-6-8(2)3/h8-9H,4-7,10H2,1-3H3. The summed E-state index contributed by atoms with van der Waals surface area (Å²) in [5.41, 5.74) is 0.868. The molecule has 0 aromatic carbocycles. The molecule has 0 aliphatic rings. The van der Waals surface area contributed by atoms with Crippen molar-refractivity contribution < 1.29 is 0 Å². The fraction of sp³-hybridized carbons (Fsp3) is 1.00. The summed E-state index contributed by atoms with van der Waals surface area (Å²) in [6, 6.07) is 0. The number of rotatable bonds is 5. The molecule has 2 unspecified atom stereocenters. The van der Waals surface area contributed by atoms with Crippen LogP contribution in [0.4, 0.5) is 0 Å². The highest BCUT2D eigenvalue weighted by Gasteiger charge is 2.01. The summed E-state index contributed by atoms with van der Waals surface area (Å²) in [7, 11) is 2.94.